The van der Waals surface area contributed by atoms with Gasteiger partial charge in [0.2, 0.25) is 0 Å². The zero-order valence-corrected chi connectivity index (χ0v) is 28.4. The molecule has 0 aliphatic heterocycles. The van der Waals surface area contributed by atoms with Crippen LogP contribution < -0.4 is 0 Å². The first-order valence-corrected chi connectivity index (χ1v) is 20.1. The molecule has 0 fully saturated rings. The number of hydrogen-bond acceptors (Lipinski definition) is 4. The van der Waals surface area contributed by atoms with Crippen LogP contribution in [-0.4, -0.2) is 41.9 Å². The number of benzene rings is 1. The van der Waals surface area contributed by atoms with Gasteiger partial charge in [-0.2, -0.15) is 0 Å². The molecule has 0 aromatic heterocycles. The van der Waals surface area contributed by atoms with Crippen LogP contribution in [0.1, 0.15) is 85.3 Å². The van der Waals surface area contributed by atoms with E-state index in [0.29, 0.717) is 6.42 Å². The van der Waals surface area contributed by atoms with Crippen molar-refractivity contribution in [2.45, 2.75) is 129 Å². The summed E-state index contributed by atoms with van der Waals surface area (Å²) in [7, 11) is -2.27. The third kappa shape index (κ3) is 11.7. The van der Waals surface area contributed by atoms with E-state index in [1.807, 2.05) is 0 Å². The van der Waals surface area contributed by atoms with Gasteiger partial charge in [0.15, 0.2) is 16.6 Å². The Morgan fingerprint density at radius 2 is 1.39 bits per heavy atom. The van der Waals surface area contributed by atoms with Gasteiger partial charge in [0, 0.05) is 6.42 Å². The Morgan fingerprint density at radius 1 is 0.868 bits per heavy atom. The summed E-state index contributed by atoms with van der Waals surface area (Å²) in [4.78, 5) is 11.6. The number of allylic oxidation sites excluding steroid dienone is 1. The number of rotatable bonds is 14. The molecule has 1 aromatic rings. The fraction of sp³-hybridized carbons (Fsp3) is 0.656. The molecule has 38 heavy (non-hydrogen) atoms. The third-order valence-corrected chi connectivity index (χ3v) is 17.2. The molecule has 2 atom stereocenters. The molecule has 0 saturated heterocycles. The Bertz CT molecular complexity index is 903. The fourth-order valence-corrected chi connectivity index (χ4v) is 6.11. The highest BCUT2D eigenvalue weighted by Crippen LogP contribution is 2.38. The van der Waals surface area contributed by atoms with Crippen molar-refractivity contribution in [2.24, 2.45) is 0 Å². The lowest BCUT2D eigenvalue weighted by Gasteiger charge is -2.38. The summed E-state index contributed by atoms with van der Waals surface area (Å²) < 4.78 is 18.1. The molecule has 0 unspecified atom stereocenters. The van der Waals surface area contributed by atoms with E-state index in [1.165, 1.54) is 18.2 Å². The molecule has 216 valence electrons. The Hall–Kier alpha value is -1.48. The summed E-state index contributed by atoms with van der Waals surface area (Å²) in [5.41, 5.74) is 2.46. The van der Waals surface area contributed by atoms with Crippen LogP contribution in [0.25, 0.3) is 6.08 Å². The minimum absolute atomic E-state index is 0.00892. The lowest BCUT2D eigenvalue weighted by atomic mass is 10.1. The highest BCUT2D eigenvalue weighted by molar-refractivity contribution is 6.74. The Labute approximate surface area is 236 Å². The van der Waals surface area contributed by atoms with Crippen molar-refractivity contribution in [1.29, 1.82) is 0 Å². The first-order chi connectivity index (χ1) is 17.4. The largest absolute Gasteiger partial charge is 0.469 e. The van der Waals surface area contributed by atoms with Crippen LogP contribution in [0.3, 0.4) is 0 Å². The molecule has 6 heteroatoms. The van der Waals surface area contributed by atoms with Crippen molar-refractivity contribution in [3.63, 3.8) is 0 Å². The Morgan fingerprint density at radius 3 is 1.87 bits per heavy atom. The summed E-state index contributed by atoms with van der Waals surface area (Å²) in [6.07, 6.45) is 12.8. The minimum atomic E-state index is -1.92. The van der Waals surface area contributed by atoms with Gasteiger partial charge < -0.3 is 13.6 Å². The van der Waals surface area contributed by atoms with E-state index < -0.39 is 16.6 Å². The van der Waals surface area contributed by atoms with E-state index in [9.17, 15) is 4.79 Å². The van der Waals surface area contributed by atoms with Crippen LogP contribution in [0, 0.1) is 0 Å². The monoisotopic (exact) mass is 560 g/mol. The molecule has 0 heterocycles. The maximum absolute atomic E-state index is 11.6. The van der Waals surface area contributed by atoms with Crippen LogP contribution in [-0.2, 0) is 24.8 Å². The van der Waals surface area contributed by atoms with Gasteiger partial charge in [-0.15, -0.1) is 0 Å². The summed E-state index contributed by atoms with van der Waals surface area (Å²) in [5, 5.41) is 0.344. The molecule has 1 rings (SSSR count). The van der Waals surface area contributed by atoms with E-state index in [1.54, 1.807) is 0 Å². The second kappa shape index (κ2) is 14.8. The van der Waals surface area contributed by atoms with E-state index in [-0.39, 0.29) is 28.3 Å². The molecular weight excluding hydrogens is 505 g/mol. The Balaban J connectivity index is 2.83. The molecule has 4 nitrogen and oxygen atoms in total. The average Bonchev–Trinajstić information content (AvgIpc) is 2.80. The normalized spacial score (nSPS) is 15.3. The predicted molar refractivity (Wildman–Crippen MR) is 169 cm³/mol. The standard InChI is InChI=1S/C32H56O4Si2/c1-13-28(35-37(9,10)31(2,3)4)25-24-27-22-20-26(21-23-27)16-14-17-29(18-15-19-30(33)34-8)36-38(11,12)32(5,6)7/h14,17,20-25,28-29H,13,15-16,18-19H2,1-12H3/b17-14+,25-24+/t28-,29-/m1/s1. The fourth-order valence-electron chi connectivity index (χ4n) is 3.45. The molecule has 0 aliphatic carbocycles. The van der Waals surface area contributed by atoms with Gasteiger partial charge in [-0.1, -0.05) is 97.0 Å². The highest BCUT2D eigenvalue weighted by Gasteiger charge is 2.39. The maximum Gasteiger partial charge on any atom is 0.305 e. The van der Waals surface area contributed by atoms with E-state index in [4.69, 9.17) is 13.6 Å². The molecule has 0 spiro atoms. The number of carbonyl (C=O) groups excluding carboxylic acids is 1. The van der Waals surface area contributed by atoms with Crippen LogP contribution in [0.5, 0.6) is 0 Å². The molecular formula is C32H56O4Si2. The van der Waals surface area contributed by atoms with Crippen LogP contribution >= 0.6 is 0 Å². The van der Waals surface area contributed by atoms with E-state index >= 15 is 0 Å². The first-order valence-electron chi connectivity index (χ1n) is 14.3. The van der Waals surface area contributed by atoms with Crippen molar-refractivity contribution >= 4 is 28.7 Å². The van der Waals surface area contributed by atoms with Gasteiger partial charge in [-0.25, -0.2) is 0 Å². The maximum atomic E-state index is 11.6. The second-order valence-electron chi connectivity index (χ2n) is 13.4. The molecule has 0 amide bonds. The average molecular weight is 561 g/mol. The zero-order valence-electron chi connectivity index (χ0n) is 26.4. The van der Waals surface area contributed by atoms with E-state index in [0.717, 1.165) is 25.7 Å². The first kappa shape index (κ1) is 34.6. The van der Waals surface area contributed by atoms with Crippen LogP contribution in [0.15, 0.2) is 42.5 Å². The highest BCUT2D eigenvalue weighted by atomic mass is 28.4. The molecule has 0 bridgehead atoms. The summed E-state index contributed by atoms with van der Waals surface area (Å²) >= 11 is 0. The van der Waals surface area contributed by atoms with Gasteiger partial charge in [-0.05, 0) is 73.1 Å². The molecule has 0 saturated carbocycles. The van der Waals surface area contributed by atoms with Gasteiger partial charge in [-0.3, -0.25) is 4.79 Å². The van der Waals surface area contributed by atoms with Crippen molar-refractivity contribution in [1.82, 2.24) is 0 Å². The quantitative estimate of drug-likeness (QED) is 0.129. The summed E-state index contributed by atoms with van der Waals surface area (Å²) in [5.74, 6) is -0.161. The van der Waals surface area contributed by atoms with Crippen LogP contribution in [0.2, 0.25) is 36.3 Å². The number of methoxy groups -OCH3 is 1. The number of esters is 1. The van der Waals surface area contributed by atoms with Crippen molar-refractivity contribution < 1.29 is 18.4 Å². The SMILES string of the molecule is CC[C@H](/C=C/c1ccc(C/C=C/[C@H](CCCC(=O)OC)O[Si](C)(C)C(C)(C)C)cc1)O[Si](C)(C)C(C)(C)C. The topological polar surface area (TPSA) is 44.8 Å². The smallest absolute Gasteiger partial charge is 0.305 e. The van der Waals surface area contributed by atoms with E-state index in [2.05, 4.69) is 123 Å². The zero-order chi connectivity index (χ0) is 29.2. The van der Waals surface area contributed by atoms with Crippen molar-refractivity contribution in [3.8, 4) is 0 Å². The molecule has 0 aliphatic rings. The molecule has 1 aromatic carbocycles. The minimum Gasteiger partial charge on any atom is -0.469 e. The van der Waals surface area contributed by atoms with Gasteiger partial charge in [0.1, 0.15) is 0 Å². The molecule has 0 N–H and O–H groups in total. The van der Waals surface area contributed by atoms with Crippen molar-refractivity contribution in [2.75, 3.05) is 7.11 Å². The number of carbonyl (C=O) groups is 1. The lowest BCUT2D eigenvalue weighted by Crippen LogP contribution is -2.43. The summed E-state index contributed by atoms with van der Waals surface area (Å²) in [6.45, 7) is 25.0. The van der Waals surface area contributed by atoms with Crippen LogP contribution in [0.4, 0.5) is 0 Å². The number of hydrogen-bond donors (Lipinski definition) is 0. The van der Waals surface area contributed by atoms with Gasteiger partial charge >= 0.3 is 5.97 Å². The lowest BCUT2D eigenvalue weighted by molar-refractivity contribution is -0.140. The Kier molecular flexibility index (Phi) is 13.4. The third-order valence-electron chi connectivity index (χ3n) is 8.19. The second-order valence-corrected chi connectivity index (χ2v) is 23.0. The predicted octanol–water partition coefficient (Wildman–Crippen LogP) is 9.33. The molecule has 0 radical (unpaired) electrons. The van der Waals surface area contributed by atoms with Gasteiger partial charge in [0.05, 0.1) is 19.3 Å². The summed E-state index contributed by atoms with van der Waals surface area (Å²) in [6, 6.07) is 8.75. The van der Waals surface area contributed by atoms with Gasteiger partial charge in [0.25, 0.3) is 0 Å². The van der Waals surface area contributed by atoms with Crippen molar-refractivity contribution in [3.05, 3.63) is 53.6 Å². The number of ether oxygens (including phenoxy) is 1.